The van der Waals surface area contributed by atoms with Crippen LogP contribution < -0.4 is 5.11 Å². The van der Waals surface area contributed by atoms with Gasteiger partial charge in [0.1, 0.15) is 5.60 Å². The van der Waals surface area contributed by atoms with Gasteiger partial charge in [-0.25, -0.2) is 0 Å². The SMILES string of the molecule is CC(=O)OC12C[C@@H]3C[C@@H](C1)CC(C(=O)[O-])(C3)C2. The summed E-state index contributed by atoms with van der Waals surface area (Å²) in [5, 5.41) is 11.4. The molecular weight excluding hydrogens is 220 g/mol. The quantitative estimate of drug-likeness (QED) is 0.661. The Morgan fingerprint density at radius 1 is 1.18 bits per heavy atom. The Labute approximate surface area is 100 Å². The number of hydrogen-bond donors (Lipinski definition) is 0. The summed E-state index contributed by atoms with van der Waals surface area (Å²) in [5.74, 6) is -0.439. The predicted molar refractivity (Wildman–Crippen MR) is 56.6 cm³/mol. The third-order valence-corrected chi connectivity index (χ3v) is 4.80. The van der Waals surface area contributed by atoms with Crippen LogP contribution >= 0.6 is 0 Å². The molecule has 2 atom stereocenters. The van der Waals surface area contributed by atoms with Gasteiger partial charge in [0.05, 0.1) is 0 Å². The monoisotopic (exact) mass is 237 g/mol. The Kier molecular flexibility index (Phi) is 2.11. The fraction of sp³-hybridized carbons (Fsp3) is 0.846. The normalized spacial score (nSPS) is 46.9. The van der Waals surface area contributed by atoms with Crippen molar-refractivity contribution >= 4 is 11.9 Å². The van der Waals surface area contributed by atoms with Crippen molar-refractivity contribution < 1.29 is 19.4 Å². The standard InChI is InChI=1S/C13H18O4/c1-8(14)17-13-5-9-2-10(6-13)4-12(3-9,7-13)11(15)16/h9-10H,2-7H2,1H3,(H,15,16)/p-1/t9-,10-,12?,13?/m1/s1. The minimum atomic E-state index is -0.942. The molecule has 0 aromatic rings. The molecule has 4 aliphatic carbocycles. The lowest BCUT2D eigenvalue weighted by molar-refractivity contribution is -0.331. The van der Waals surface area contributed by atoms with Gasteiger partial charge in [-0.1, -0.05) is 0 Å². The fourth-order valence-electron chi connectivity index (χ4n) is 4.84. The Morgan fingerprint density at radius 3 is 2.24 bits per heavy atom. The lowest BCUT2D eigenvalue weighted by atomic mass is 9.48. The zero-order valence-electron chi connectivity index (χ0n) is 10.0. The van der Waals surface area contributed by atoms with E-state index < -0.39 is 17.0 Å². The van der Waals surface area contributed by atoms with E-state index in [-0.39, 0.29) is 5.97 Å². The molecule has 0 aliphatic heterocycles. The third-order valence-electron chi connectivity index (χ3n) is 4.80. The number of ether oxygens (including phenoxy) is 1. The smallest absolute Gasteiger partial charge is 0.303 e. The second-order valence-corrected chi connectivity index (χ2v) is 6.31. The van der Waals surface area contributed by atoms with Gasteiger partial charge in [-0.05, 0) is 50.4 Å². The van der Waals surface area contributed by atoms with Crippen LogP contribution in [0.1, 0.15) is 45.4 Å². The number of aliphatic carboxylic acids is 1. The first-order valence-electron chi connectivity index (χ1n) is 6.34. The van der Waals surface area contributed by atoms with Crippen LogP contribution in [0.2, 0.25) is 0 Å². The number of esters is 1. The van der Waals surface area contributed by atoms with Crippen LogP contribution in [0.3, 0.4) is 0 Å². The zero-order chi connectivity index (χ0) is 12.3. The molecule has 4 aliphatic rings. The molecule has 4 fully saturated rings. The molecule has 4 heteroatoms. The van der Waals surface area contributed by atoms with E-state index in [1.54, 1.807) is 0 Å². The molecule has 0 amide bonds. The van der Waals surface area contributed by atoms with Crippen LogP contribution in [0, 0.1) is 17.3 Å². The molecular formula is C13H17O4-. The summed E-state index contributed by atoms with van der Waals surface area (Å²) in [5.41, 5.74) is -1.23. The Morgan fingerprint density at radius 2 is 1.76 bits per heavy atom. The van der Waals surface area contributed by atoms with Gasteiger partial charge >= 0.3 is 5.97 Å². The van der Waals surface area contributed by atoms with Gasteiger partial charge in [-0.2, -0.15) is 0 Å². The van der Waals surface area contributed by atoms with Crippen LogP contribution in [0.15, 0.2) is 0 Å². The second kappa shape index (κ2) is 3.24. The molecule has 4 nitrogen and oxygen atoms in total. The molecule has 0 spiro atoms. The lowest BCUT2D eigenvalue weighted by Crippen LogP contribution is -2.62. The summed E-state index contributed by atoms with van der Waals surface area (Å²) >= 11 is 0. The van der Waals surface area contributed by atoms with Crippen molar-refractivity contribution in [1.82, 2.24) is 0 Å². The first-order chi connectivity index (χ1) is 7.93. The van der Waals surface area contributed by atoms with Gasteiger partial charge in [0.25, 0.3) is 0 Å². The number of hydrogen-bond acceptors (Lipinski definition) is 4. The van der Waals surface area contributed by atoms with E-state index in [1.807, 2.05) is 0 Å². The highest BCUT2D eigenvalue weighted by molar-refractivity contribution is 5.74. The van der Waals surface area contributed by atoms with Crippen molar-refractivity contribution in [3.05, 3.63) is 0 Å². The largest absolute Gasteiger partial charge is 0.550 e. The van der Waals surface area contributed by atoms with E-state index >= 15 is 0 Å². The van der Waals surface area contributed by atoms with Gasteiger partial charge in [-0.3, -0.25) is 4.79 Å². The summed E-state index contributed by atoms with van der Waals surface area (Å²) in [6.45, 7) is 1.41. The predicted octanol–water partition coefficient (Wildman–Crippen LogP) is 0.638. The number of carboxylic acid groups (broad SMARTS) is 1. The molecule has 0 heterocycles. The molecule has 4 bridgehead atoms. The highest BCUT2D eigenvalue weighted by Gasteiger charge is 2.59. The molecule has 0 radical (unpaired) electrons. The van der Waals surface area contributed by atoms with Crippen molar-refractivity contribution in [2.24, 2.45) is 17.3 Å². The molecule has 0 aromatic heterocycles. The molecule has 4 saturated carbocycles. The van der Waals surface area contributed by atoms with Crippen molar-refractivity contribution in [3.8, 4) is 0 Å². The summed E-state index contributed by atoms with van der Waals surface area (Å²) in [4.78, 5) is 22.6. The molecule has 94 valence electrons. The Bertz CT molecular complexity index is 373. The third kappa shape index (κ3) is 1.57. The van der Waals surface area contributed by atoms with Crippen molar-refractivity contribution in [2.45, 2.75) is 51.0 Å². The van der Waals surface area contributed by atoms with E-state index in [4.69, 9.17) is 4.74 Å². The topological polar surface area (TPSA) is 66.4 Å². The number of carboxylic acids is 1. The van der Waals surface area contributed by atoms with Crippen LogP contribution in [0.25, 0.3) is 0 Å². The van der Waals surface area contributed by atoms with Gasteiger partial charge < -0.3 is 14.6 Å². The van der Waals surface area contributed by atoms with Gasteiger partial charge in [0.15, 0.2) is 0 Å². The maximum Gasteiger partial charge on any atom is 0.303 e. The second-order valence-electron chi connectivity index (χ2n) is 6.31. The number of carbonyl (C=O) groups is 2. The summed E-state index contributed by atoms with van der Waals surface area (Å²) < 4.78 is 5.50. The van der Waals surface area contributed by atoms with E-state index in [2.05, 4.69) is 0 Å². The Hall–Kier alpha value is -1.06. The van der Waals surface area contributed by atoms with Crippen LogP contribution in [-0.4, -0.2) is 17.5 Å². The first kappa shape index (κ1) is 11.1. The fourth-order valence-corrected chi connectivity index (χ4v) is 4.84. The van der Waals surface area contributed by atoms with Crippen molar-refractivity contribution in [3.63, 3.8) is 0 Å². The molecule has 0 saturated heterocycles. The summed E-state index contributed by atoms with van der Waals surface area (Å²) in [6.07, 6.45) is 4.69. The van der Waals surface area contributed by atoms with E-state index in [1.165, 1.54) is 6.92 Å². The average Bonchev–Trinajstić information content (AvgIpc) is 2.12. The molecule has 0 N–H and O–H groups in total. The minimum absolute atomic E-state index is 0.291. The van der Waals surface area contributed by atoms with Crippen molar-refractivity contribution in [1.29, 1.82) is 0 Å². The molecule has 4 rings (SSSR count). The summed E-state index contributed by atoms with van der Waals surface area (Å²) in [7, 11) is 0. The Balaban J connectivity index is 1.94. The number of carbonyl (C=O) groups excluding carboxylic acids is 2. The van der Waals surface area contributed by atoms with E-state index in [0.29, 0.717) is 18.3 Å². The van der Waals surface area contributed by atoms with Crippen LogP contribution in [-0.2, 0) is 14.3 Å². The van der Waals surface area contributed by atoms with Gasteiger partial charge in [0, 0.05) is 18.3 Å². The zero-order valence-corrected chi connectivity index (χ0v) is 10.0. The first-order valence-corrected chi connectivity index (χ1v) is 6.34. The van der Waals surface area contributed by atoms with Gasteiger partial charge in [0.2, 0.25) is 0 Å². The van der Waals surface area contributed by atoms with E-state index in [9.17, 15) is 14.7 Å². The highest BCUT2D eigenvalue weighted by atomic mass is 16.6. The number of rotatable bonds is 2. The highest BCUT2D eigenvalue weighted by Crippen LogP contribution is 2.62. The minimum Gasteiger partial charge on any atom is -0.550 e. The summed E-state index contributed by atoms with van der Waals surface area (Å²) in [6, 6.07) is 0. The van der Waals surface area contributed by atoms with Crippen LogP contribution in [0.5, 0.6) is 0 Å². The average molecular weight is 237 g/mol. The molecule has 0 aromatic carbocycles. The van der Waals surface area contributed by atoms with Crippen molar-refractivity contribution in [2.75, 3.05) is 0 Å². The van der Waals surface area contributed by atoms with Gasteiger partial charge in [-0.15, -0.1) is 0 Å². The lowest BCUT2D eigenvalue weighted by Gasteiger charge is -2.61. The maximum atomic E-state index is 11.4. The molecule has 0 unspecified atom stereocenters. The maximum absolute atomic E-state index is 11.4. The van der Waals surface area contributed by atoms with Crippen LogP contribution in [0.4, 0.5) is 0 Å². The van der Waals surface area contributed by atoms with E-state index in [0.717, 1.165) is 32.1 Å². The molecule has 17 heavy (non-hydrogen) atoms.